The number of carbonyl (C=O) groups is 2. The molecular formula is C23H26ClN3O7S. The van der Waals surface area contributed by atoms with Crippen LogP contribution in [0.3, 0.4) is 0 Å². The Morgan fingerprint density at radius 1 is 1.17 bits per heavy atom. The highest BCUT2D eigenvalue weighted by Crippen LogP contribution is 2.29. The number of nitrogens with one attached hydrogen (secondary N) is 1. The van der Waals surface area contributed by atoms with Crippen molar-refractivity contribution in [2.24, 2.45) is 11.8 Å². The molecule has 3 rings (SSSR count). The summed E-state index contributed by atoms with van der Waals surface area (Å²) in [5, 5.41) is 10.9. The van der Waals surface area contributed by atoms with Crippen molar-refractivity contribution < 1.29 is 27.7 Å². The van der Waals surface area contributed by atoms with Gasteiger partial charge in [-0.1, -0.05) is 37.6 Å². The van der Waals surface area contributed by atoms with Crippen LogP contribution in [0.1, 0.15) is 37.6 Å². The number of piperidine rings is 1. The number of nitro groups is 1. The third kappa shape index (κ3) is 6.29. The second kappa shape index (κ2) is 10.6. The predicted octanol–water partition coefficient (Wildman–Crippen LogP) is 4.10. The third-order valence-electron chi connectivity index (χ3n) is 5.63. The van der Waals surface area contributed by atoms with Gasteiger partial charge in [0.25, 0.3) is 21.6 Å². The number of rotatable bonds is 7. The fraction of sp³-hybridized carbons (Fsp3) is 0.391. The number of amides is 1. The number of benzene rings is 2. The van der Waals surface area contributed by atoms with E-state index in [9.17, 15) is 28.1 Å². The fourth-order valence-corrected chi connectivity index (χ4v) is 5.41. The van der Waals surface area contributed by atoms with Gasteiger partial charge in [-0.25, -0.2) is 13.2 Å². The summed E-state index contributed by atoms with van der Waals surface area (Å²) in [5.74, 6) is -0.526. The van der Waals surface area contributed by atoms with Crippen LogP contribution in [0.4, 0.5) is 11.4 Å². The van der Waals surface area contributed by atoms with Crippen LogP contribution in [-0.4, -0.2) is 49.3 Å². The Morgan fingerprint density at radius 2 is 1.80 bits per heavy atom. The van der Waals surface area contributed by atoms with Crippen LogP contribution < -0.4 is 4.72 Å². The van der Waals surface area contributed by atoms with Crippen molar-refractivity contribution in [3.05, 3.63) is 63.2 Å². The molecule has 1 heterocycles. The Kier molecular flexibility index (Phi) is 8.01. The monoisotopic (exact) mass is 523 g/mol. The van der Waals surface area contributed by atoms with Crippen molar-refractivity contribution in [1.29, 1.82) is 0 Å². The summed E-state index contributed by atoms with van der Waals surface area (Å²) in [6.07, 6.45) is -0.0500. The highest BCUT2D eigenvalue weighted by molar-refractivity contribution is 7.92. The molecule has 1 amide bonds. The van der Waals surface area contributed by atoms with Crippen molar-refractivity contribution >= 4 is 44.9 Å². The number of esters is 1. The molecule has 1 aliphatic rings. The van der Waals surface area contributed by atoms with Crippen LogP contribution >= 0.6 is 11.6 Å². The standard InChI is InChI=1S/C23H26ClN3O7S/c1-14-10-15(2)13-26(12-14)22(28)16(3)34-23(29)18-6-4-5-7-20(18)25-35(32,33)17-8-9-19(24)21(11-17)27(30)31/h4-9,11,14-16,25H,10,12-13H2,1-3H3/t14-,15+,16-/m1/s1. The minimum Gasteiger partial charge on any atom is -0.449 e. The molecule has 1 saturated heterocycles. The van der Waals surface area contributed by atoms with Gasteiger partial charge in [-0.2, -0.15) is 0 Å². The number of ether oxygens (including phenoxy) is 1. The van der Waals surface area contributed by atoms with E-state index in [1.165, 1.54) is 31.2 Å². The Bertz CT molecular complexity index is 1240. The minimum absolute atomic E-state index is 0.102. The average Bonchev–Trinajstić information content (AvgIpc) is 2.77. The number of carbonyl (C=O) groups excluding carboxylic acids is 2. The molecule has 2 aromatic rings. The largest absolute Gasteiger partial charge is 0.449 e. The van der Waals surface area contributed by atoms with E-state index in [1.807, 2.05) is 0 Å². The lowest BCUT2D eigenvalue weighted by Gasteiger charge is -2.36. The van der Waals surface area contributed by atoms with Crippen LogP contribution in [0.25, 0.3) is 0 Å². The maximum atomic E-state index is 12.9. The van der Waals surface area contributed by atoms with Gasteiger partial charge in [0.15, 0.2) is 6.10 Å². The van der Waals surface area contributed by atoms with Crippen LogP contribution in [-0.2, 0) is 19.6 Å². The number of hydrogen-bond donors (Lipinski definition) is 1. The fourth-order valence-electron chi connectivity index (χ4n) is 4.13. The smallest absolute Gasteiger partial charge is 0.341 e. The van der Waals surface area contributed by atoms with Gasteiger partial charge in [-0.05, 0) is 49.4 Å². The van der Waals surface area contributed by atoms with E-state index in [0.717, 1.165) is 24.6 Å². The molecule has 0 unspecified atom stereocenters. The number of halogens is 1. The predicted molar refractivity (Wildman–Crippen MR) is 130 cm³/mol. The van der Waals surface area contributed by atoms with Gasteiger partial charge in [0.1, 0.15) is 5.02 Å². The molecule has 12 heteroatoms. The first-order valence-corrected chi connectivity index (χ1v) is 12.8. The molecule has 0 spiro atoms. The maximum absolute atomic E-state index is 12.9. The SMILES string of the molecule is C[C@@H]1C[C@H](C)CN(C(=O)[C@@H](C)OC(=O)c2ccccc2NS(=O)(=O)c2ccc(Cl)c([N+](=O)[O-])c2)C1. The molecule has 10 nitrogen and oxygen atoms in total. The molecule has 35 heavy (non-hydrogen) atoms. The summed E-state index contributed by atoms with van der Waals surface area (Å²) >= 11 is 5.77. The first-order valence-electron chi connectivity index (χ1n) is 10.9. The van der Waals surface area contributed by atoms with Gasteiger partial charge in [0, 0.05) is 19.2 Å². The summed E-state index contributed by atoms with van der Waals surface area (Å²) in [4.78, 5) is 37.3. The van der Waals surface area contributed by atoms with Gasteiger partial charge in [0.2, 0.25) is 0 Å². The molecule has 1 fully saturated rings. The van der Waals surface area contributed by atoms with E-state index in [1.54, 1.807) is 4.90 Å². The van der Waals surface area contributed by atoms with Crippen LogP contribution in [0.15, 0.2) is 47.4 Å². The molecular weight excluding hydrogens is 498 g/mol. The number of likely N-dealkylation sites (tertiary alicyclic amines) is 1. The molecule has 3 atom stereocenters. The van der Waals surface area contributed by atoms with E-state index >= 15 is 0 Å². The Balaban J connectivity index is 1.78. The van der Waals surface area contributed by atoms with Crippen LogP contribution in [0.5, 0.6) is 0 Å². The summed E-state index contributed by atoms with van der Waals surface area (Å²) in [5.41, 5.74) is -0.787. The number of anilines is 1. The third-order valence-corrected chi connectivity index (χ3v) is 7.31. The maximum Gasteiger partial charge on any atom is 0.341 e. The molecule has 188 valence electrons. The molecule has 0 saturated carbocycles. The first kappa shape index (κ1) is 26.4. The van der Waals surface area contributed by atoms with Gasteiger partial charge < -0.3 is 9.64 Å². The molecule has 1 aliphatic heterocycles. The van der Waals surface area contributed by atoms with Gasteiger partial charge in [-0.15, -0.1) is 0 Å². The van der Waals surface area contributed by atoms with E-state index in [4.69, 9.17) is 16.3 Å². The number of para-hydroxylation sites is 1. The highest BCUT2D eigenvalue weighted by Gasteiger charge is 2.31. The zero-order valence-corrected chi connectivity index (χ0v) is 21.0. The topological polar surface area (TPSA) is 136 Å². The average molecular weight is 524 g/mol. The summed E-state index contributed by atoms with van der Waals surface area (Å²) in [6.45, 7) is 6.75. The van der Waals surface area contributed by atoms with E-state index in [2.05, 4.69) is 18.6 Å². The summed E-state index contributed by atoms with van der Waals surface area (Å²) in [7, 11) is -4.31. The first-order chi connectivity index (χ1) is 16.4. The highest BCUT2D eigenvalue weighted by atomic mass is 35.5. The van der Waals surface area contributed by atoms with Crippen molar-refractivity contribution in [3.8, 4) is 0 Å². The second-order valence-electron chi connectivity index (χ2n) is 8.76. The zero-order chi connectivity index (χ0) is 25.9. The molecule has 0 radical (unpaired) electrons. The Labute approximate surface area is 208 Å². The van der Waals surface area contributed by atoms with Crippen molar-refractivity contribution in [2.75, 3.05) is 17.8 Å². The Hall–Kier alpha value is -3.18. The van der Waals surface area contributed by atoms with Crippen LogP contribution in [0, 0.1) is 22.0 Å². The number of nitro benzene ring substituents is 1. The number of sulfonamides is 1. The molecule has 0 bridgehead atoms. The molecule has 0 aromatic heterocycles. The van der Waals surface area contributed by atoms with Gasteiger partial charge >= 0.3 is 5.97 Å². The molecule has 1 N–H and O–H groups in total. The lowest BCUT2D eigenvalue weighted by atomic mass is 9.91. The van der Waals surface area contributed by atoms with Crippen LogP contribution in [0.2, 0.25) is 5.02 Å². The van der Waals surface area contributed by atoms with Crippen molar-refractivity contribution in [1.82, 2.24) is 4.90 Å². The quantitative estimate of drug-likeness (QED) is 0.328. The van der Waals surface area contributed by atoms with Crippen molar-refractivity contribution in [2.45, 2.75) is 38.2 Å². The summed E-state index contributed by atoms with van der Waals surface area (Å²) in [6, 6.07) is 8.76. The normalized spacial score (nSPS) is 19.0. The molecule has 0 aliphatic carbocycles. The zero-order valence-electron chi connectivity index (χ0n) is 19.4. The minimum atomic E-state index is -4.31. The lowest BCUT2D eigenvalue weighted by Crippen LogP contribution is -2.47. The summed E-state index contributed by atoms with van der Waals surface area (Å²) < 4.78 is 33.4. The molecule has 2 aromatic carbocycles. The van der Waals surface area contributed by atoms with E-state index in [-0.39, 0.29) is 22.2 Å². The number of nitrogens with zero attached hydrogens (tertiary/aromatic N) is 2. The van der Waals surface area contributed by atoms with Gasteiger partial charge in [0.05, 0.1) is 21.1 Å². The van der Waals surface area contributed by atoms with Gasteiger partial charge in [-0.3, -0.25) is 19.6 Å². The second-order valence-corrected chi connectivity index (χ2v) is 10.8. The lowest BCUT2D eigenvalue weighted by molar-refractivity contribution is -0.384. The van der Waals surface area contributed by atoms with E-state index < -0.39 is 37.6 Å². The Morgan fingerprint density at radius 3 is 2.43 bits per heavy atom. The number of hydrogen-bond acceptors (Lipinski definition) is 7. The van der Waals surface area contributed by atoms with Crippen molar-refractivity contribution in [3.63, 3.8) is 0 Å². The van der Waals surface area contributed by atoms with E-state index in [0.29, 0.717) is 24.9 Å².